The Morgan fingerprint density at radius 1 is 1.04 bits per heavy atom. The van der Waals surface area contributed by atoms with E-state index in [4.69, 9.17) is 4.74 Å². The summed E-state index contributed by atoms with van der Waals surface area (Å²) in [5.41, 5.74) is 0. The zero-order chi connectivity index (χ0) is 17.2. The average Bonchev–Trinajstić information content (AvgIpc) is 3.31. The molecule has 8 nitrogen and oxygen atoms in total. The first-order valence-corrected chi connectivity index (χ1v) is 9.79. The third kappa shape index (κ3) is 3.48. The van der Waals surface area contributed by atoms with Crippen LogP contribution in [0, 0.1) is 5.92 Å². The second kappa shape index (κ2) is 7.25. The number of morpholine rings is 1. The molecule has 0 radical (unpaired) electrons. The van der Waals surface area contributed by atoms with Crippen LogP contribution in [0.2, 0.25) is 0 Å². The standard InChI is InChI=1S/C16H23N5O3S/c22-13-2-1-5-21(13)16-18-17-15(25-16)20-6-3-12(4-7-20)14(23)19-8-10-24-11-9-19/h12H,1-11H2. The normalized spacial score (nSPS) is 22.7. The van der Waals surface area contributed by atoms with Gasteiger partial charge in [0.1, 0.15) is 0 Å². The maximum atomic E-state index is 12.6. The molecule has 0 saturated carbocycles. The van der Waals surface area contributed by atoms with Gasteiger partial charge in [-0.05, 0) is 19.3 Å². The van der Waals surface area contributed by atoms with E-state index in [0.29, 0.717) is 37.9 Å². The molecule has 2 amide bonds. The van der Waals surface area contributed by atoms with Crippen LogP contribution >= 0.6 is 11.3 Å². The van der Waals surface area contributed by atoms with E-state index in [1.165, 1.54) is 11.3 Å². The molecular formula is C16H23N5O3S. The predicted octanol–water partition coefficient (Wildman–Crippen LogP) is 0.740. The van der Waals surface area contributed by atoms with Gasteiger partial charge < -0.3 is 14.5 Å². The van der Waals surface area contributed by atoms with Crippen molar-refractivity contribution in [3.8, 4) is 0 Å². The highest BCUT2D eigenvalue weighted by atomic mass is 32.1. The highest BCUT2D eigenvalue weighted by molar-refractivity contribution is 7.19. The molecule has 0 aliphatic carbocycles. The highest BCUT2D eigenvalue weighted by Crippen LogP contribution is 2.32. The minimum atomic E-state index is 0.0990. The third-order valence-corrected chi connectivity index (χ3v) is 6.15. The summed E-state index contributed by atoms with van der Waals surface area (Å²) in [6, 6.07) is 0. The molecule has 136 valence electrons. The number of hydrogen-bond donors (Lipinski definition) is 0. The Morgan fingerprint density at radius 3 is 2.44 bits per heavy atom. The molecule has 0 aromatic carbocycles. The number of carbonyl (C=O) groups is 2. The topological polar surface area (TPSA) is 78.9 Å². The van der Waals surface area contributed by atoms with Crippen molar-refractivity contribution in [2.45, 2.75) is 25.7 Å². The molecule has 4 heterocycles. The second-order valence-corrected chi connectivity index (χ2v) is 7.65. The Kier molecular flexibility index (Phi) is 4.85. The molecule has 4 rings (SSSR count). The summed E-state index contributed by atoms with van der Waals surface area (Å²) < 4.78 is 5.32. The van der Waals surface area contributed by atoms with Crippen LogP contribution in [0.1, 0.15) is 25.7 Å². The van der Waals surface area contributed by atoms with Gasteiger partial charge in [-0.3, -0.25) is 14.5 Å². The van der Waals surface area contributed by atoms with Crippen molar-refractivity contribution >= 4 is 33.4 Å². The largest absolute Gasteiger partial charge is 0.378 e. The predicted molar refractivity (Wildman–Crippen MR) is 93.8 cm³/mol. The number of hydrogen-bond acceptors (Lipinski definition) is 7. The Bertz CT molecular complexity index is 637. The van der Waals surface area contributed by atoms with Crippen LogP contribution in [0.5, 0.6) is 0 Å². The smallest absolute Gasteiger partial charge is 0.228 e. The molecule has 0 atom stereocenters. The van der Waals surface area contributed by atoms with E-state index in [1.54, 1.807) is 4.90 Å². The van der Waals surface area contributed by atoms with Crippen molar-refractivity contribution in [2.24, 2.45) is 5.92 Å². The summed E-state index contributed by atoms with van der Waals surface area (Å²) in [7, 11) is 0. The van der Waals surface area contributed by atoms with Crippen LogP contribution in [-0.4, -0.2) is 72.8 Å². The van der Waals surface area contributed by atoms with Gasteiger partial charge in [0.25, 0.3) is 0 Å². The summed E-state index contributed by atoms with van der Waals surface area (Å²) in [6.45, 7) is 5.07. The van der Waals surface area contributed by atoms with E-state index >= 15 is 0 Å². The fourth-order valence-electron chi connectivity index (χ4n) is 3.65. The van der Waals surface area contributed by atoms with Crippen LogP contribution in [-0.2, 0) is 14.3 Å². The minimum Gasteiger partial charge on any atom is -0.378 e. The average molecular weight is 365 g/mol. The minimum absolute atomic E-state index is 0.0990. The van der Waals surface area contributed by atoms with E-state index in [2.05, 4.69) is 15.1 Å². The number of ether oxygens (including phenoxy) is 1. The Balaban J connectivity index is 1.33. The van der Waals surface area contributed by atoms with E-state index in [-0.39, 0.29) is 17.7 Å². The zero-order valence-corrected chi connectivity index (χ0v) is 15.0. The maximum absolute atomic E-state index is 12.6. The van der Waals surface area contributed by atoms with Gasteiger partial charge in [-0.2, -0.15) is 0 Å². The van der Waals surface area contributed by atoms with Crippen LogP contribution in [0.25, 0.3) is 0 Å². The molecule has 3 aliphatic heterocycles. The number of piperidine rings is 1. The summed E-state index contributed by atoms with van der Waals surface area (Å²) >= 11 is 1.48. The van der Waals surface area contributed by atoms with Crippen molar-refractivity contribution in [1.29, 1.82) is 0 Å². The first-order chi connectivity index (χ1) is 12.2. The lowest BCUT2D eigenvalue weighted by atomic mass is 9.95. The Morgan fingerprint density at radius 2 is 1.76 bits per heavy atom. The fraction of sp³-hybridized carbons (Fsp3) is 0.750. The summed E-state index contributed by atoms with van der Waals surface area (Å²) in [5.74, 6) is 0.503. The molecule has 3 fully saturated rings. The molecule has 25 heavy (non-hydrogen) atoms. The van der Waals surface area contributed by atoms with Gasteiger partial charge in [0.2, 0.25) is 22.1 Å². The number of carbonyl (C=O) groups excluding carboxylic acids is 2. The highest BCUT2D eigenvalue weighted by Gasteiger charge is 2.31. The van der Waals surface area contributed by atoms with Crippen molar-refractivity contribution in [1.82, 2.24) is 15.1 Å². The van der Waals surface area contributed by atoms with Crippen LogP contribution in [0.3, 0.4) is 0 Å². The van der Waals surface area contributed by atoms with Crippen molar-refractivity contribution in [3.63, 3.8) is 0 Å². The summed E-state index contributed by atoms with van der Waals surface area (Å²) in [6.07, 6.45) is 3.17. The number of anilines is 2. The number of amides is 2. The van der Waals surface area contributed by atoms with Crippen LogP contribution < -0.4 is 9.80 Å². The molecule has 3 aliphatic rings. The van der Waals surface area contributed by atoms with Gasteiger partial charge in [0, 0.05) is 45.1 Å². The number of aromatic nitrogens is 2. The summed E-state index contributed by atoms with van der Waals surface area (Å²) in [5, 5.41) is 10.0. The molecular weight excluding hydrogens is 342 g/mol. The van der Waals surface area contributed by atoms with Gasteiger partial charge in [-0.25, -0.2) is 0 Å². The van der Waals surface area contributed by atoms with Crippen LogP contribution in [0.4, 0.5) is 10.3 Å². The van der Waals surface area contributed by atoms with E-state index in [1.807, 2.05) is 4.90 Å². The number of rotatable bonds is 3. The van der Waals surface area contributed by atoms with Crippen LogP contribution in [0.15, 0.2) is 0 Å². The fourth-order valence-corrected chi connectivity index (χ4v) is 4.60. The van der Waals surface area contributed by atoms with E-state index in [0.717, 1.165) is 44.0 Å². The Labute approximate surface area is 150 Å². The van der Waals surface area contributed by atoms with Gasteiger partial charge >= 0.3 is 0 Å². The molecule has 1 aromatic heterocycles. The molecule has 0 bridgehead atoms. The van der Waals surface area contributed by atoms with Gasteiger partial charge in [-0.15, -0.1) is 10.2 Å². The summed E-state index contributed by atoms with van der Waals surface area (Å²) in [4.78, 5) is 30.3. The first-order valence-electron chi connectivity index (χ1n) is 8.98. The third-order valence-electron chi connectivity index (χ3n) is 5.15. The molecule has 0 unspecified atom stereocenters. The van der Waals surface area contributed by atoms with E-state index < -0.39 is 0 Å². The maximum Gasteiger partial charge on any atom is 0.228 e. The van der Waals surface area contributed by atoms with Crippen molar-refractivity contribution in [2.75, 3.05) is 55.7 Å². The quantitative estimate of drug-likeness (QED) is 0.786. The number of nitrogens with zero attached hydrogens (tertiary/aromatic N) is 5. The van der Waals surface area contributed by atoms with Gasteiger partial charge in [0.05, 0.1) is 13.2 Å². The zero-order valence-electron chi connectivity index (χ0n) is 14.2. The Hall–Kier alpha value is -1.74. The lowest BCUT2D eigenvalue weighted by molar-refractivity contribution is -0.140. The molecule has 0 spiro atoms. The van der Waals surface area contributed by atoms with E-state index in [9.17, 15) is 9.59 Å². The lowest BCUT2D eigenvalue weighted by Crippen LogP contribution is -2.46. The molecule has 9 heteroatoms. The van der Waals surface area contributed by atoms with Crippen molar-refractivity contribution < 1.29 is 14.3 Å². The van der Waals surface area contributed by atoms with Gasteiger partial charge in [0.15, 0.2) is 0 Å². The monoisotopic (exact) mass is 365 g/mol. The molecule has 1 aromatic rings. The molecule has 3 saturated heterocycles. The second-order valence-electron chi connectivity index (χ2n) is 6.72. The SMILES string of the molecule is O=C(C1CCN(c2nnc(N3CCCC3=O)s2)CC1)N1CCOCC1. The first kappa shape index (κ1) is 16.7. The van der Waals surface area contributed by atoms with Gasteiger partial charge in [-0.1, -0.05) is 11.3 Å². The van der Waals surface area contributed by atoms with Crippen molar-refractivity contribution in [3.05, 3.63) is 0 Å². The lowest BCUT2D eigenvalue weighted by Gasteiger charge is -2.35. The molecule has 0 N–H and O–H groups in total.